The van der Waals surface area contributed by atoms with Crippen LogP contribution in [0.4, 0.5) is 0 Å². The molecule has 0 bridgehead atoms. The molecular weight excluding hydrogens is 210 g/mol. The molecule has 1 aliphatic heterocycles. The minimum atomic E-state index is 0.756. The highest BCUT2D eigenvalue weighted by molar-refractivity contribution is 5.76. The molecule has 2 heterocycles. The summed E-state index contributed by atoms with van der Waals surface area (Å²) < 4.78 is 2.38. The third-order valence-corrected chi connectivity index (χ3v) is 3.70. The first-order chi connectivity index (χ1) is 8.24. The van der Waals surface area contributed by atoms with Crippen LogP contribution in [0.1, 0.15) is 17.8 Å². The number of hydrogen-bond donors (Lipinski definition) is 1. The molecule has 0 spiro atoms. The molecule has 0 amide bonds. The molecule has 1 unspecified atom stereocenters. The molecule has 90 valence electrons. The smallest absolute Gasteiger partial charge is 0.106 e. The van der Waals surface area contributed by atoms with Crippen molar-refractivity contribution in [2.24, 2.45) is 5.92 Å². The fourth-order valence-electron chi connectivity index (χ4n) is 2.71. The van der Waals surface area contributed by atoms with Crippen molar-refractivity contribution >= 4 is 11.0 Å². The minimum absolute atomic E-state index is 0.756. The Morgan fingerprint density at radius 2 is 2.29 bits per heavy atom. The quantitative estimate of drug-likeness (QED) is 0.856. The summed E-state index contributed by atoms with van der Waals surface area (Å²) in [5.74, 6) is 1.89. The monoisotopic (exact) mass is 229 g/mol. The van der Waals surface area contributed by atoms with E-state index in [1.54, 1.807) is 0 Å². The maximum atomic E-state index is 4.64. The van der Waals surface area contributed by atoms with Crippen LogP contribution in [0.25, 0.3) is 11.0 Å². The molecule has 1 aromatic carbocycles. The predicted octanol–water partition coefficient (Wildman–Crippen LogP) is 2.26. The highest BCUT2D eigenvalue weighted by Gasteiger charge is 2.17. The number of imidazole rings is 1. The Bertz CT molecular complexity index is 536. The summed E-state index contributed by atoms with van der Waals surface area (Å²) in [6, 6.07) is 6.51. The van der Waals surface area contributed by atoms with Crippen LogP contribution in [0.3, 0.4) is 0 Å². The van der Waals surface area contributed by atoms with Gasteiger partial charge in [0, 0.05) is 6.54 Å². The van der Waals surface area contributed by atoms with Gasteiger partial charge in [0.05, 0.1) is 11.0 Å². The molecule has 3 nitrogen and oxygen atoms in total. The average Bonchev–Trinajstić information content (AvgIpc) is 2.90. The topological polar surface area (TPSA) is 29.9 Å². The number of aromatic nitrogens is 2. The molecule has 1 aliphatic rings. The Hall–Kier alpha value is -1.35. The van der Waals surface area contributed by atoms with Crippen molar-refractivity contribution in [1.29, 1.82) is 0 Å². The van der Waals surface area contributed by atoms with E-state index in [1.165, 1.54) is 17.5 Å². The molecule has 2 aromatic rings. The molecular formula is C14H19N3. The van der Waals surface area contributed by atoms with Gasteiger partial charge in [0.2, 0.25) is 0 Å². The number of fused-ring (bicyclic) bond motifs is 1. The molecule has 3 heteroatoms. The van der Waals surface area contributed by atoms with Gasteiger partial charge < -0.3 is 9.88 Å². The largest absolute Gasteiger partial charge is 0.328 e. The first-order valence-corrected chi connectivity index (χ1v) is 6.38. The van der Waals surface area contributed by atoms with Crippen molar-refractivity contribution in [1.82, 2.24) is 14.9 Å². The van der Waals surface area contributed by atoms with Crippen LogP contribution >= 0.6 is 0 Å². The molecule has 0 saturated carbocycles. The number of hydrogen-bond acceptors (Lipinski definition) is 2. The zero-order valence-corrected chi connectivity index (χ0v) is 10.5. The molecule has 1 atom stereocenters. The summed E-state index contributed by atoms with van der Waals surface area (Å²) in [6.07, 6.45) is 1.28. The van der Waals surface area contributed by atoms with E-state index in [4.69, 9.17) is 0 Å². The van der Waals surface area contributed by atoms with Gasteiger partial charge in [-0.2, -0.15) is 0 Å². The second kappa shape index (κ2) is 4.15. The Morgan fingerprint density at radius 1 is 1.41 bits per heavy atom. The lowest BCUT2D eigenvalue weighted by atomic mass is 10.1. The molecule has 0 aliphatic carbocycles. The maximum Gasteiger partial charge on any atom is 0.106 e. The van der Waals surface area contributed by atoms with Gasteiger partial charge in [0.1, 0.15) is 5.82 Å². The van der Waals surface area contributed by atoms with E-state index in [9.17, 15) is 0 Å². The Labute approximate surface area is 102 Å². The van der Waals surface area contributed by atoms with Gasteiger partial charge in [-0.1, -0.05) is 6.07 Å². The third-order valence-electron chi connectivity index (χ3n) is 3.70. The lowest BCUT2D eigenvalue weighted by Gasteiger charge is -2.12. The molecule has 3 rings (SSSR count). The number of benzene rings is 1. The lowest BCUT2D eigenvalue weighted by molar-refractivity contribution is 0.482. The van der Waals surface area contributed by atoms with Crippen LogP contribution < -0.4 is 5.32 Å². The Morgan fingerprint density at radius 3 is 3.06 bits per heavy atom. The zero-order chi connectivity index (χ0) is 11.8. The van der Waals surface area contributed by atoms with E-state index < -0.39 is 0 Å². The molecule has 1 saturated heterocycles. The maximum absolute atomic E-state index is 4.64. The minimum Gasteiger partial charge on any atom is -0.328 e. The summed E-state index contributed by atoms with van der Waals surface area (Å²) in [7, 11) is 0. The Balaban J connectivity index is 2.01. The van der Waals surface area contributed by atoms with Crippen LogP contribution in [0.2, 0.25) is 0 Å². The van der Waals surface area contributed by atoms with E-state index in [0.717, 1.165) is 36.9 Å². The first-order valence-electron chi connectivity index (χ1n) is 6.38. The molecule has 0 radical (unpaired) electrons. The normalized spacial score (nSPS) is 20.2. The summed E-state index contributed by atoms with van der Waals surface area (Å²) >= 11 is 0. The molecule has 1 fully saturated rings. The molecule has 1 N–H and O–H groups in total. The van der Waals surface area contributed by atoms with Gasteiger partial charge >= 0.3 is 0 Å². The van der Waals surface area contributed by atoms with Crippen molar-refractivity contribution in [3.63, 3.8) is 0 Å². The number of nitrogens with one attached hydrogen (secondary N) is 1. The second-order valence-corrected chi connectivity index (χ2v) is 5.12. The van der Waals surface area contributed by atoms with E-state index in [-0.39, 0.29) is 0 Å². The van der Waals surface area contributed by atoms with Crippen LogP contribution in [0.5, 0.6) is 0 Å². The van der Waals surface area contributed by atoms with Gasteiger partial charge in [-0.25, -0.2) is 4.98 Å². The van der Waals surface area contributed by atoms with Crippen LogP contribution in [0.15, 0.2) is 18.2 Å². The first kappa shape index (κ1) is 10.8. The highest BCUT2D eigenvalue weighted by Crippen LogP contribution is 2.20. The van der Waals surface area contributed by atoms with E-state index in [2.05, 4.69) is 46.9 Å². The molecule has 17 heavy (non-hydrogen) atoms. The molecule has 1 aromatic heterocycles. The van der Waals surface area contributed by atoms with Crippen molar-refractivity contribution < 1.29 is 0 Å². The van der Waals surface area contributed by atoms with Gasteiger partial charge in [0.25, 0.3) is 0 Å². The van der Waals surface area contributed by atoms with Crippen LogP contribution in [-0.4, -0.2) is 22.6 Å². The Kier molecular flexibility index (Phi) is 2.63. The van der Waals surface area contributed by atoms with Gasteiger partial charge in [-0.15, -0.1) is 0 Å². The third kappa shape index (κ3) is 1.95. The summed E-state index contributed by atoms with van der Waals surface area (Å²) in [4.78, 5) is 4.64. The summed E-state index contributed by atoms with van der Waals surface area (Å²) in [5, 5.41) is 3.43. The second-order valence-electron chi connectivity index (χ2n) is 5.12. The van der Waals surface area contributed by atoms with Gasteiger partial charge in [-0.05, 0) is 57.0 Å². The van der Waals surface area contributed by atoms with Crippen molar-refractivity contribution in [3.05, 3.63) is 29.6 Å². The predicted molar refractivity (Wildman–Crippen MR) is 70.2 cm³/mol. The van der Waals surface area contributed by atoms with Crippen molar-refractivity contribution in [3.8, 4) is 0 Å². The van der Waals surface area contributed by atoms with E-state index in [0.29, 0.717) is 0 Å². The van der Waals surface area contributed by atoms with Crippen molar-refractivity contribution in [2.75, 3.05) is 13.1 Å². The SMILES string of the molecule is Cc1ccc2nc(C)n(CC3CCNC3)c2c1. The van der Waals surface area contributed by atoms with Gasteiger partial charge in [0.15, 0.2) is 0 Å². The van der Waals surface area contributed by atoms with Crippen LogP contribution in [-0.2, 0) is 6.54 Å². The van der Waals surface area contributed by atoms with E-state index >= 15 is 0 Å². The summed E-state index contributed by atoms with van der Waals surface area (Å²) in [5.41, 5.74) is 3.72. The number of rotatable bonds is 2. The van der Waals surface area contributed by atoms with Crippen LogP contribution in [0, 0.1) is 19.8 Å². The number of nitrogens with zero attached hydrogens (tertiary/aromatic N) is 2. The summed E-state index contributed by atoms with van der Waals surface area (Å²) in [6.45, 7) is 7.65. The fraction of sp³-hybridized carbons (Fsp3) is 0.500. The zero-order valence-electron chi connectivity index (χ0n) is 10.5. The lowest BCUT2D eigenvalue weighted by Crippen LogP contribution is -2.15. The highest BCUT2D eigenvalue weighted by atomic mass is 15.1. The number of aryl methyl sites for hydroxylation is 2. The fourth-order valence-corrected chi connectivity index (χ4v) is 2.71. The average molecular weight is 229 g/mol. The van der Waals surface area contributed by atoms with Crippen molar-refractivity contribution in [2.45, 2.75) is 26.8 Å². The van der Waals surface area contributed by atoms with Gasteiger partial charge in [-0.3, -0.25) is 0 Å². The standard InChI is InChI=1S/C14H19N3/c1-10-3-4-13-14(7-10)17(11(2)16-13)9-12-5-6-15-8-12/h3-4,7,12,15H,5-6,8-9H2,1-2H3. The van der Waals surface area contributed by atoms with E-state index in [1.807, 2.05) is 0 Å².